The van der Waals surface area contributed by atoms with Gasteiger partial charge in [-0.3, -0.25) is 14.4 Å². The summed E-state index contributed by atoms with van der Waals surface area (Å²) in [7, 11) is 0. The Morgan fingerprint density at radius 1 is 0.588 bits per heavy atom. The largest absolute Gasteiger partial charge is 1.00 e. The van der Waals surface area contributed by atoms with Crippen molar-refractivity contribution in [1.82, 2.24) is 37.1 Å². The Kier molecular flexibility index (Phi) is 23.0. The summed E-state index contributed by atoms with van der Waals surface area (Å²) in [4.78, 5) is 46.8. The number of nitrogens with two attached hydrogens (primary N) is 3. The van der Waals surface area contributed by atoms with Crippen molar-refractivity contribution < 1.29 is 36.9 Å². The molecule has 1 aliphatic carbocycles. The van der Waals surface area contributed by atoms with Gasteiger partial charge >= 0.3 is 0 Å². The maximum absolute atomic E-state index is 13.1. The molecule has 3 aromatic heterocycles. The third kappa shape index (κ3) is 16.8. The van der Waals surface area contributed by atoms with Gasteiger partial charge in [-0.25, -0.2) is 4.39 Å². The standard InChI is InChI=1S/C23H27N3O.C21H24ClN3O.C19H21FN4O.ClH.H3N/c1-15-2-6-18(7-3-15)19-8-9-20-12-22(26-21(20)11-19)23(27)25-14-17-5-4-16(10-17)13-24;1-14-4-6-15(7-5-14)16-8-9-17-12-20(25-19(17)11-16)21(26)24-13-18(22)3-2-10-23;20-15-5-3-12(4-6-15)13-1-2-14-10-18(24-17(14)9-13)19(25)23-11-16(22)7-8-21;;/h2-3,6-9,11-12,16-17,26H,4-5,10,13-14,24H2,1H3,(H,25,27);4-9,11-12,18,25H,2-3,10,13,23H2,1H3,(H,24,26);1-6,9-10,16,24H,7-8,11,21-22H2,(H,23,25);1H;1H3/t16-,17+;18-;16-;;/m110../s1. The number of carbonyl (C=O) groups excluding carboxylic acids is 3. The van der Waals surface area contributed by atoms with Gasteiger partial charge < -0.3 is 72.4 Å². The summed E-state index contributed by atoms with van der Waals surface area (Å²) in [6, 6.07) is 47.0. The second kappa shape index (κ2) is 29.8. The van der Waals surface area contributed by atoms with Crippen molar-refractivity contribution in [3.05, 3.63) is 180 Å². The monoisotopic (exact) mass is 1120 g/mol. The first-order valence-corrected chi connectivity index (χ1v) is 27.4. The topological polar surface area (TPSA) is 275 Å². The third-order valence-corrected chi connectivity index (χ3v) is 14.8. The summed E-state index contributed by atoms with van der Waals surface area (Å²) < 4.78 is 13.1. The number of hydrogen-bond acceptors (Lipinski definition) is 7. The number of aromatic amines is 3. The van der Waals surface area contributed by atoms with Crippen molar-refractivity contribution in [1.29, 1.82) is 0 Å². The van der Waals surface area contributed by atoms with Gasteiger partial charge in [0.2, 0.25) is 0 Å². The number of benzene rings is 6. The zero-order valence-corrected chi connectivity index (χ0v) is 47.2. The first kappa shape index (κ1) is 61.9. The molecule has 0 radical (unpaired) electrons. The van der Waals surface area contributed by atoms with Crippen molar-refractivity contribution in [2.75, 3.05) is 39.3 Å². The number of fused-ring (bicyclic) bond motifs is 3. The predicted molar refractivity (Wildman–Crippen MR) is 321 cm³/mol. The Labute approximate surface area is 478 Å². The lowest BCUT2D eigenvalue weighted by Gasteiger charge is -2.11. The Hall–Kier alpha value is -7.34. The van der Waals surface area contributed by atoms with E-state index in [1.54, 1.807) is 18.2 Å². The molecule has 0 unspecified atom stereocenters. The fraction of sp³-hybridized carbons (Fsp3) is 0.286. The molecule has 17 heteroatoms. The fourth-order valence-corrected chi connectivity index (χ4v) is 9.96. The van der Waals surface area contributed by atoms with Crippen LogP contribution in [0.1, 0.15) is 81.1 Å². The number of rotatable bonds is 18. The minimum atomic E-state index is -0.267. The van der Waals surface area contributed by atoms with E-state index in [1.165, 1.54) is 35.2 Å². The second-order valence-corrected chi connectivity index (χ2v) is 21.2. The number of halogens is 3. The van der Waals surface area contributed by atoms with E-state index in [-0.39, 0.29) is 53.5 Å². The van der Waals surface area contributed by atoms with Crippen LogP contribution >= 0.6 is 11.6 Å². The Morgan fingerprint density at radius 2 is 0.988 bits per heavy atom. The lowest BCUT2D eigenvalue weighted by molar-refractivity contribution is -0.368. The molecule has 0 saturated heterocycles. The zero-order chi connectivity index (χ0) is 55.1. The lowest BCUT2D eigenvalue weighted by Crippen LogP contribution is -3.00. The molecular weight excluding hydrogens is 1050 g/mol. The average molecular weight is 1130 g/mol. The Balaban J connectivity index is 0.000000191. The van der Waals surface area contributed by atoms with Crippen LogP contribution in [0.3, 0.4) is 0 Å². The van der Waals surface area contributed by atoms with Crippen LogP contribution in [0, 0.1) is 31.5 Å². The van der Waals surface area contributed by atoms with Gasteiger partial charge in [0.05, 0.1) is 11.9 Å². The molecule has 6 aromatic carbocycles. The van der Waals surface area contributed by atoms with Crippen LogP contribution < -0.4 is 57.4 Å². The number of amides is 3. The number of quaternary nitrogens is 1. The van der Waals surface area contributed by atoms with Crippen molar-refractivity contribution in [2.24, 2.45) is 29.0 Å². The van der Waals surface area contributed by atoms with Crippen LogP contribution in [0.5, 0.6) is 0 Å². The predicted octanol–water partition coefficient (Wildman–Crippen LogP) is 7.30. The van der Waals surface area contributed by atoms with Gasteiger partial charge in [0.25, 0.3) is 17.7 Å². The second-order valence-electron chi connectivity index (χ2n) is 20.5. The summed E-state index contributed by atoms with van der Waals surface area (Å²) in [6.07, 6.45) is 5.97. The van der Waals surface area contributed by atoms with Crippen molar-refractivity contribution in [3.8, 4) is 33.4 Å². The molecule has 1 saturated carbocycles. The lowest BCUT2D eigenvalue weighted by atomic mass is 10.0. The van der Waals surface area contributed by atoms with E-state index in [4.69, 9.17) is 28.8 Å². The van der Waals surface area contributed by atoms with Crippen LogP contribution in [-0.2, 0) is 0 Å². The van der Waals surface area contributed by atoms with Gasteiger partial charge in [-0.2, -0.15) is 0 Å². The van der Waals surface area contributed by atoms with Crippen LogP contribution in [0.15, 0.2) is 146 Å². The number of nitrogens with one attached hydrogen (secondary N) is 6. The summed E-state index contributed by atoms with van der Waals surface area (Å²) in [5.74, 6) is 0.557. The number of H-pyrrole nitrogens is 3. The highest BCUT2D eigenvalue weighted by Crippen LogP contribution is 2.31. The van der Waals surface area contributed by atoms with Gasteiger partial charge in [-0.1, -0.05) is 108 Å². The molecule has 0 aliphatic heterocycles. The molecule has 3 heterocycles. The molecule has 422 valence electrons. The summed E-state index contributed by atoms with van der Waals surface area (Å²) in [6.45, 7) is 7.86. The van der Waals surface area contributed by atoms with Crippen LogP contribution in [0.2, 0.25) is 0 Å². The van der Waals surface area contributed by atoms with Crippen molar-refractivity contribution in [3.63, 3.8) is 0 Å². The van der Waals surface area contributed by atoms with Crippen molar-refractivity contribution >= 4 is 62.0 Å². The zero-order valence-electron chi connectivity index (χ0n) is 45.7. The average Bonchev–Trinajstić information content (AvgIpc) is 4.31. The normalized spacial score (nSPS) is 14.4. The van der Waals surface area contributed by atoms with Crippen molar-refractivity contribution in [2.45, 2.75) is 63.8 Å². The minimum absolute atomic E-state index is 0. The van der Waals surface area contributed by atoms with Gasteiger partial charge in [0, 0.05) is 58.4 Å². The molecule has 0 spiro atoms. The summed E-state index contributed by atoms with van der Waals surface area (Å²) >= 11 is 6.22. The smallest absolute Gasteiger partial charge is 0.267 e. The minimum Gasteiger partial charge on any atom is -1.00 e. The van der Waals surface area contributed by atoms with E-state index in [0.717, 1.165) is 106 Å². The van der Waals surface area contributed by atoms with Crippen LogP contribution in [-0.4, -0.2) is 83.4 Å². The molecule has 18 N–H and O–H groups in total. The van der Waals surface area contributed by atoms with E-state index >= 15 is 0 Å². The molecule has 80 heavy (non-hydrogen) atoms. The van der Waals surface area contributed by atoms with E-state index in [2.05, 4.69) is 129 Å². The molecule has 1 fully saturated rings. The summed E-state index contributed by atoms with van der Waals surface area (Å²) in [5.41, 5.74) is 34.3. The molecule has 10 rings (SSSR count). The Bertz CT molecular complexity index is 3430. The first-order valence-electron chi connectivity index (χ1n) is 27.0. The van der Waals surface area contributed by atoms with Gasteiger partial charge in [0.15, 0.2) is 0 Å². The van der Waals surface area contributed by atoms with E-state index in [1.807, 2.05) is 36.4 Å². The van der Waals surface area contributed by atoms with Gasteiger partial charge in [-0.15, -0.1) is 11.6 Å². The molecule has 1 aliphatic rings. The summed E-state index contributed by atoms with van der Waals surface area (Å²) in [5, 5.41) is 11.7. The number of aromatic nitrogens is 3. The fourth-order valence-electron chi connectivity index (χ4n) is 9.73. The SMILES string of the molecule is Cc1ccc(-c2ccc3cc(C(=O)NC[C@H](Cl)CCC[NH3+])[nH]c3c2)cc1.Cc1ccc(-c2ccc3cc(C(=O)NC[C@H]4CC[C@@H](CN)C4)[nH]c3c2)cc1.N.NCC[C@H](N)CNC(=O)c1cc2ccc(-c3ccc(F)cc3)cc2[nH]1.[Cl-]. The molecule has 4 atom stereocenters. The van der Waals surface area contributed by atoms with E-state index in [0.29, 0.717) is 55.0 Å². The third-order valence-electron chi connectivity index (χ3n) is 14.4. The quantitative estimate of drug-likeness (QED) is 0.0390. The number of carbonyl (C=O) groups is 3. The van der Waals surface area contributed by atoms with Gasteiger partial charge in [0.1, 0.15) is 22.9 Å². The molecule has 9 aromatic rings. The molecular formula is C63H76Cl2FN11O3. The highest BCUT2D eigenvalue weighted by molar-refractivity contribution is 6.21. The number of hydrogen-bond donors (Lipinski definition) is 11. The first-order chi connectivity index (χ1) is 37.7. The molecule has 14 nitrogen and oxygen atoms in total. The Morgan fingerprint density at radius 3 is 1.40 bits per heavy atom. The van der Waals surface area contributed by atoms with E-state index < -0.39 is 0 Å². The molecule has 0 bridgehead atoms. The van der Waals surface area contributed by atoms with Crippen LogP contribution in [0.4, 0.5) is 4.39 Å². The maximum Gasteiger partial charge on any atom is 0.267 e. The van der Waals surface area contributed by atoms with E-state index in [9.17, 15) is 18.8 Å². The van der Waals surface area contributed by atoms with Gasteiger partial charge in [-0.05, 0) is 159 Å². The van der Waals surface area contributed by atoms with Crippen LogP contribution in [0.25, 0.3) is 66.1 Å². The highest BCUT2D eigenvalue weighted by atomic mass is 35.5. The number of alkyl halides is 1. The highest BCUT2D eigenvalue weighted by Gasteiger charge is 2.24. The number of aryl methyl sites for hydroxylation is 2. The maximum atomic E-state index is 13.1. The molecule has 3 amide bonds.